The van der Waals surface area contributed by atoms with Gasteiger partial charge in [-0.15, -0.1) is 0 Å². The first-order valence-corrected chi connectivity index (χ1v) is 9.20. The van der Waals surface area contributed by atoms with Gasteiger partial charge in [-0.3, -0.25) is 0 Å². The van der Waals surface area contributed by atoms with E-state index in [2.05, 4.69) is 5.10 Å². The second kappa shape index (κ2) is 7.69. The van der Waals surface area contributed by atoms with Crippen LogP contribution in [0.15, 0.2) is 79.0 Å². The number of halogens is 1. The highest BCUT2D eigenvalue weighted by Gasteiger charge is 2.10. The van der Waals surface area contributed by atoms with E-state index in [4.69, 9.17) is 4.74 Å². The summed E-state index contributed by atoms with van der Waals surface area (Å²) in [5, 5.41) is 4.48. The molecule has 0 fully saturated rings. The normalized spacial score (nSPS) is 10.8. The van der Waals surface area contributed by atoms with Crippen molar-refractivity contribution in [2.75, 3.05) is 0 Å². The lowest BCUT2D eigenvalue weighted by Gasteiger charge is -2.11. The first kappa shape index (κ1) is 18.0. The van der Waals surface area contributed by atoms with E-state index in [9.17, 15) is 4.39 Å². The Morgan fingerprint density at radius 1 is 0.893 bits per heavy atom. The van der Waals surface area contributed by atoms with Crippen LogP contribution in [0.25, 0.3) is 16.8 Å². The van der Waals surface area contributed by atoms with E-state index in [-0.39, 0.29) is 11.6 Å². The zero-order chi connectivity index (χ0) is 19.5. The fourth-order valence-electron chi connectivity index (χ4n) is 3.12. The molecule has 4 rings (SSSR count). The molecule has 4 aromatic rings. The second-order valence-electron chi connectivity index (χ2n) is 6.82. The number of nitrogens with zero attached hydrogens (tertiary/aromatic N) is 2. The number of hydrogen-bond donors (Lipinski definition) is 0. The Morgan fingerprint density at radius 2 is 1.64 bits per heavy atom. The second-order valence-corrected chi connectivity index (χ2v) is 6.82. The van der Waals surface area contributed by atoms with Gasteiger partial charge in [0.15, 0.2) is 11.6 Å². The van der Waals surface area contributed by atoms with Crippen molar-refractivity contribution in [3.63, 3.8) is 0 Å². The molecule has 0 amide bonds. The first-order valence-electron chi connectivity index (χ1n) is 9.20. The minimum atomic E-state index is -0.370. The average Bonchev–Trinajstić information content (AvgIpc) is 3.14. The van der Waals surface area contributed by atoms with Gasteiger partial charge >= 0.3 is 0 Å². The molecular weight excluding hydrogens is 351 g/mol. The van der Waals surface area contributed by atoms with Gasteiger partial charge in [0.25, 0.3) is 0 Å². The SMILES string of the molecule is Cc1ccn(-c2cc(-c3ccc(OCc4ccccc4)c(F)c3)ccc2C)n1. The van der Waals surface area contributed by atoms with Crippen molar-refractivity contribution in [1.29, 1.82) is 0 Å². The van der Waals surface area contributed by atoms with E-state index in [0.717, 1.165) is 33.6 Å². The van der Waals surface area contributed by atoms with Crippen LogP contribution in [0.1, 0.15) is 16.8 Å². The van der Waals surface area contributed by atoms with Crippen LogP contribution in [0, 0.1) is 19.7 Å². The van der Waals surface area contributed by atoms with Gasteiger partial charge in [-0.2, -0.15) is 5.10 Å². The lowest BCUT2D eigenvalue weighted by molar-refractivity contribution is 0.290. The molecule has 0 unspecified atom stereocenters. The van der Waals surface area contributed by atoms with Crippen molar-refractivity contribution in [3.05, 3.63) is 102 Å². The van der Waals surface area contributed by atoms with Crippen LogP contribution >= 0.6 is 0 Å². The van der Waals surface area contributed by atoms with E-state index in [1.54, 1.807) is 6.07 Å². The molecule has 28 heavy (non-hydrogen) atoms. The Morgan fingerprint density at radius 3 is 2.36 bits per heavy atom. The maximum Gasteiger partial charge on any atom is 0.165 e. The molecule has 4 heteroatoms. The van der Waals surface area contributed by atoms with Gasteiger partial charge in [0.2, 0.25) is 0 Å². The Balaban J connectivity index is 1.59. The molecule has 0 N–H and O–H groups in total. The summed E-state index contributed by atoms with van der Waals surface area (Å²) in [6.45, 7) is 4.33. The summed E-state index contributed by atoms with van der Waals surface area (Å²) in [5.41, 5.74) is 5.78. The molecule has 3 nitrogen and oxygen atoms in total. The Labute approximate surface area is 164 Å². The molecule has 1 aromatic heterocycles. The quantitative estimate of drug-likeness (QED) is 0.438. The summed E-state index contributed by atoms with van der Waals surface area (Å²) >= 11 is 0. The number of hydrogen-bond acceptors (Lipinski definition) is 2. The molecule has 0 saturated carbocycles. The van der Waals surface area contributed by atoms with Gasteiger partial charge in [-0.25, -0.2) is 9.07 Å². The van der Waals surface area contributed by atoms with Crippen LogP contribution in [0.2, 0.25) is 0 Å². The maximum atomic E-state index is 14.6. The Hall–Kier alpha value is -3.40. The van der Waals surface area contributed by atoms with Crippen molar-refractivity contribution in [3.8, 4) is 22.6 Å². The van der Waals surface area contributed by atoms with Gasteiger partial charge < -0.3 is 4.74 Å². The average molecular weight is 372 g/mol. The first-order chi connectivity index (χ1) is 13.6. The smallest absolute Gasteiger partial charge is 0.165 e. The van der Waals surface area contributed by atoms with Gasteiger partial charge in [0.05, 0.1) is 11.4 Å². The molecule has 0 spiro atoms. The predicted molar refractivity (Wildman–Crippen MR) is 109 cm³/mol. The number of ether oxygens (including phenoxy) is 1. The third-order valence-corrected chi connectivity index (χ3v) is 4.68. The molecule has 0 aliphatic rings. The highest BCUT2D eigenvalue weighted by Crippen LogP contribution is 2.28. The predicted octanol–water partition coefficient (Wildman–Crippen LogP) is 5.87. The molecule has 3 aromatic carbocycles. The third kappa shape index (κ3) is 3.81. The lowest BCUT2D eigenvalue weighted by Crippen LogP contribution is -1.99. The number of benzene rings is 3. The minimum Gasteiger partial charge on any atom is -0.486 e. The topological polar surface area (TPSA) is 27.1 Å². The van der Waals surface area contributed by atoms with Crippen LogP contribution in [0.4, 0.5) is 4.39 Å². The van der Waals surface area contributed by atoms with Crippen molar-refractivity contribution >= 4 is 0 Å². The maximum absolute atomic E-state index is 14.6. The van der Waals surface area contributed by atoms with Crippen molar-refractivity contribution < 1.29 is 9.13 Å². The zero-order valence-corrected chi connectivity index (χ0v) is 15.9. The molecule has 0 aliphatic heterocycles. The summed E-state index contributed by atoms with van der Waals surface area (Å²) in [6.07, 6.45) is 1.93. The fraction of sp³-hybridized carbons (Fsp3) is 0.125. The Bertz CT molecular complexity index is 1100. The lowest BCUT2D eigenvalue weighted by atomic mass is 10.0. The van der Waals surface area contributed by atoms with Crippen molar-refractivity contribution in [2.45, 2.75) is 20.5 Å². The summed E-state index contributed by atoms with van der Waals surface area (Å²) in [5.74, 6) is -0.117. The zero-order valence-electron chi connectivity index (χ0n) is 15.9. The van der Waals surface area contributed by atoms with Gasteiger partial charge in [0, 0.05) is 6.20 Å². The highest BCUT2D eigenvalue weighted by molar-refractivity contribution is 5.68. The molecule has 0 saturated heterocycles. The number of aryl methyl sites for hydroxylation is 2. The van der Waals surface area contributed by atoms with E-state index in [1.165, 1.54) is 6.07 Å². The van der Waals surface area contributed by atoms with Gasteiger partial charge in [-0.05, 0) is 60.4 Å². The summed E-state index contributed by atoms with van der Waals surface area (Å²) in [7, 11) is 0. The molecule has 140 valence electrons. The molecule has 0 aliphatic carbocycles. The summed E-state index contributed by atoms with van der Waals surface area (Å²) in [6, 6.07) is 22.8. The van der Waals surface area contributed by atoms with Gasteiger partial charge in [-0.1, -0.05) is 48.5 Å². The highest BCUT2D eigenvalue weighted by atomic mass is 19.1. The van der Waals surface area contributed by atoms with Crippen LogP contribution in [-0.2, 0) is 6.61 Å². The monoisotopic (exact) mass is 372 g/mol. The largest absolute Gasteiger partial charge is 0.486 e. The van der Waals surface area contributed by atoms with E-state index in [1.807, 2.05) is 85.4 Å². The molecule has 0 atom stereocenters. The Kier molecular flexibility index (Phi) is 4.94. The third-order valence-electron chi connectivity index (χ3n) is 4.68. The van der Waals surface area contributed by atoms with E-state index >= 15 is 0 Å². The summed E-state index contributed by atoms with van der Waals surface area (Å²) in [4.78, 5) is 0. The van der Waals surface area contributed by atoms with Crippen LogP contribution in [-0.4, -0.2) is 9.78 Å². The van der Waals surface area contributed by atoms with Crippen LogP contribution < -0.4 is 4.74 Å². The van der Waals surface area contributed by atoms with E-state index < -0.39 is 0 Å². The van der Waals surface area contributed by atoms with Crippen LogP contribution in [0.5, 0.6) is 5.75 Å². The molecular formula is C24H21FN2O. The molecule has 0 radical (unpaired) electrons. The molecule has 1 heterocycles. The fourth-order valence-corrected chi connectivity index (χ4v) is 3.12. The minimum absolute atomic E-state index is 0.252. The van der Waals surface area contributed by atoms with Crippen LogP contribution in [0.3, 0.4) is 0 Å². The molecule has 0 bridgehead atoms. The number of aromatic nitrogens is 2. The standard InChI is InChI=1S/C24H21FN2O/c1-17-8-9-21(15-23(17)27-13-12-18(2)26-27)20-10-11-24(22(25)14-20)28-16-19-6-4-3-5-7-19/h3-15H,16H2,1-2H3. The summed E-state index contributed by atoms with van der Waals surface area (Å²) < 4.78 is 22.1. The van der Waals surface area contributed by atoms with E-state index in [0.29, 0.717) is 6.61 Å². The number of rotatable bonds is 5. The van der Waals surface area contributed by atoms with Crippen molar-refractivity contribution in [2.24, 2.45) is 0 Å². The van der Waals surface area contributed by atoms with Crippen molar-refractivity contribution in [1.82, 2.24) is 9.78 Å². The van der Waals surface area contributed by atoms with Gasteiger partial charge in [0.1, 0.15) is 6.61 Å².